The molecule has 0 radical (unpaired) electrons. The van der Waals surface area contributed by atoms with Crippen molar-refractivity contribution in [3.8, 4) is 16.9 Å². The molecule has 4 heterocycles. The lowest BCUT2D eigenvalue weighted by Crippen LogP contribution is -2.53. The zero-order chi connectivity index (χ0) is 22.5. The summed E-state index contributed by atoms with van der Waals surface area (Å²) >= 11 is 0. The van der Waals surface area contributed by atoms with E-state index < -0.39 is 0 Å². The van der Waals surface area contributed by atoms with Gasteiger partial charge in [0, 0.05) is 17.5 Å². The molecule has 0 spiro atoms. The highest BCUT2D eigenvalue weighted by Crippen LogP contribution is 2.44. The minimum atomic E-state index is -0.354. The van der Waals surface area contributed by atoms with Crippen molar-refractivity contribution in [3.63, 3.8) is 0 Å². The van der Waals surface area contributed by atoms with Gasteiger partial charge >= 0.3 is 6.09 Å². The van der Waals surface area contributed by atoms with Crippen molar-refractivity contribution in [2.75, 3.05) is 26.2 Å². The average Bonchev–Trinajstić information content (AvgIpc) is 2.78. The number of nitrogens with zero attached hydrogens (tertiary/aromatic N) is 1. The number of ether oxygens (including phenoxy) is 2. The molecule has 1 N–H and O–H groups in total. The number of hydrogen-bond donors (Lipinski definition) is 1. The molecule has 32 heavy (non-hydrogen) atoms. The second kappa shape index (κ2) is 8.07. The number of hydrogen-bond acceptors (Lipinski definition) is 4. The van der Waals surface area contributed by atoms with Gasteiger partial charge in [-0.25, -0.2) is 9.18 Å². The molecule has 0 saturated carbocycles. The predicted molar refractivity (Wildman–Crippen MR) is 121 cm³/mol. The summed E-state index contributed by atoms with van der Waals surface area (Å²) in [6.07, 6.45) is 1.83. The Morgan fingerprint density at radius 2 is 1.88 bits per heavy atom. The second-order valence-electron chi connectivity index (χ2n) is 10.2. The van der Waals surface area contributed by atoms with Gasteiger partial charge in [-0.05, 0) is 73.7 Å². The van der Waals surface area contributed by atoms with Crippen molar-refractivity contribution in [2.24, 2.45) is 11.3 Å². The van der Waals surface area contributed by atoms with Crippen molar-refractivity contribution in [1.82, 2.24) is 10.2 Å². The van der Waals surface area contributed by atoms with Gasteiger partial charge in [-0.1, -0.05) is 32.0 Å². The normalized spacial score (nSPS) is 27.9. The Kier molecular flexibility index (Phi) is 5.36. The van der Waals surface area contributed by atoms with Crippen LogP contribution < -0.4 is 10.1 Å². The second-order valence-corrected chi connectivity index (χ2v) is 10.2. The highest BCUT2D eigenvalue weighted by Gasteiger charge is 2.41. The van der Waals surface area contributed by atoms with E-state index in [1.165, 1.54) is 6.07 Å². The summed E-state index contributed by atoms with van der Waals surface area (Å²) in [5.74, 6) is 1.01. The van der Waals surface area contributed by atoms with Crippen molar-refractivity contribution >= 4 is 6.09 Å². The molecule has 2 bridgehead atoms. The van der Waals surface area contributed by atoms with Gasteiger partial charge in [-0.15, -0.1) is 0 Å². The third-order valence-corrected chi connectivity index (χ3v) is 7.31. The number of carbonyl (C=O) groups excluding carboxylic acids is 1. The number of benzene rings is 2. The number of piperidine rings is 3. The Morgan fingerprint density at radius 3 is 2.56 bits per heavy atom. The number of alkyl carbamates (subject to hydrolysis) is 1. The molecule has 3 saturated heterocycles. The molecule has 3 fully saturated rings. The third-order valence-electron chi connectivity index (χ3n) is 7.31. The van der Waals surface area contributed by atoms with E-state index in [1.54, 1.807) is 13.0 Å². The van der Waals surface area contributed by atoms with E-state index in [4.69, 9.17) is 9.47 Å². The summed E-state index contributed by atoms with van der Waals surface area (Å²) < 4.78 is 25.7. The van der Waals surface area contributed by atoms with Crippen LogP contribution in [0.1, 0.15) is 43.9 Å². The van der Waals surface area contributed by atoms with E-state index in [1.807, 2.05) is 24.3 Å². The number of rotatable bonds is 3. The standard InChI is InChI=1S/C26H31FN2O3/c1-16-12-18(5-7-21(16)27)19-4-6-20-22(13-19)31-15-26(2,3)24(20)28-25(30)32-23-14-29-10-8-17(23)9-11-29/h4-7,12-13,17,23-24H,8-11,14-15H2,1-3H3,(H,28,30)/t23-,24?/m1/s1. The molecule has 6 rings (SSSR count). The fourth-order valence-corrected chi connectivity index (χ4v) is 5.28. The Hall–Kier alpha value is -2.60. The molecule has 4 aliphatic heterocycles. The molecule has 2 atom stereocenters. The van der Waals surface area contributed by atoms with Gasteiger partial charge < -0.3 is 14.8 Å². The highest BCUT2D eigenvalue weighted by atomic mass is 19.1. The molecule has 0 aliphatic carbocycles. The van der Waals surface area contributed by atoms with Crippen LogP contribution in [0.3, 0.4) is 0 Å². The van der Waals surface area contributed by atoms with Gasteiger partial charge in [0.05, 0.1) is 12.6 Å². The lowest BCUT2D eigenvalue weighted by atomic mass is 9.78. The van der Waals surface area contributed by atoms with Crippen LogP contribution in [0.4, 0.5) is 9.18 Å². The Morgan fingerprint density at radius 1 is 1.16 bits per heavy atom. The molecule has 1 unspecified atom stereocenters. The van der Waals surface area contributed by atoms with Crippen molar-refractivity contribution < 1.29 is 18.7 Å². The summed E-state index contributed by atoms with van der Waals surface area (Å²) in [5.41, 5.74) is 3.16. The first-order valence-electron chi connectivity index (χ1n) is 11.5. The van der Waals surface area contributed by atoms with E-state index in [0.29, 0.717) is 18.1 Å². The van der Waals surface area contributed by atoms with Crippen LogP contribution in [0.5, 0.6) is 5.75 Å². The molecule has 6 heteroatoms. The first kappa shape index (κ1) is 21.3. The SMILES string of the molecule is Cc1cc(-c2ccc3c(c2)OCC(C)(C)C3NC(=O)O[C@@H]2CN3CCC2CC3)ccc1F. The third kappa shape index (κ3) is 3.96. The van der Waals surface area contributed by atoms with Gasteiger partial charge in [-0.2, -0.15) is 0 Å². The maximum atomic E-state index is 13.7. The number of amides is 1. The number of fused-ring (bicyclic) bond motifs is 4. The topological polar surface area (TPSA) is 50.8 Å². The first-order chi connectivity index (χ1) is 15.3. The summed E-state index contributed by atoms with van der Waals surface area (Å²) in [6.45, 7) is 9.49. The minimum Gasteiger partial charge on any atom is -0.493 e. The molecule has 5 nitrogen and oxygen atoms in total. The molecule has 170 valence electrons. The molecule has 1 amide bonds. The van der Waals surface area contributed by atoms with E-state index in [-0.39, 0.29) is 29.5 Å². The quantitative estimate of drug-likeness (QED) is 0.726. The summed E-state index contributed by atoms with van der Waals surface area (Å²) in [6, 6.07) is 10.9. The van der Waals surface area contributed by atoms with E-state index in [9.17, 15) is 9.18 Å². The molecule has 2 aromatic rings. The van der Waals surface area contributed by atoms with Crippen molar-refractivity contribution in [3.05, 3.63) is 53.3 Å². The molecule has 0 aromatic heterocycles. The van der Waals surface area contributed by atoms with Gasteiger partial charge in [0.1, 0.15) is 17.7 Å². The number of aryl methyl sites for hydroxylation is 1. The highest BCUT2D eigenvalue weighted by molar-refractivity contribution is 5.70. The zero-order valence-electron chi connectivity index (χ0n) is 19.0. The van der Waals surface area contributed by atoms with Crippen LogP contribution in [0.2, 0.25) is 0 Å². The number of halogens is 1. The lowest BCUT2D eigenvalue weighted by Gasteiger charge is -2.44. The fraction of sp³-hybridized carbons (Fsp3) is 0.500. The van der Waals surface area contributed by atoms with Gasteiger partial charge in [0.25, 0.3) is 0 Å². The molecular weight excluding hydrogens is 407 g/mol. The van der Waals surface area contributed by atoms with Crippen LogP contribution in [0.15, 0.2) is 36.4 Å². The molecule has 4 aliphatic rings. The van der Waals surface area contributed by atoms with E-state index in [2.05, 4.69) is 24.1 Å². The predicted octanol–water partition coefficient (Wildman–Crippen LogP) is 5.08. The number of carbonyl (C=O) groups is 1. The maximum absolute atomic E-state index is 13.7. The van der Waals surface area contributed by atoms with Crippen LogP contribution in [0.25, 0.3) is 11.1 Å². The van der Waals surface area contributed by atoms with Crippen molar-refractivity contribution in [2.45, 2.75) is 45.8 Å². The van der Waals surface area contributed by atoms with Crippen LogP contribution in [-0.4, -0.2) is 43.3 Å². The monoisotopic (exact) mass is 438 g/mol. The summed E-state index contributed by atoms with van der Waals surface area (Å²) in [4.78, 5) is 15.3. The summed E-state index contributed by atoms with van der Waals surface area (Å²) in [7, 11) is 0. The Labute approximate surface area is 188 Å². The van der Waals surface area contributed by atoms with Crippen molar-refractivity contribution in [1.29, 1.82) is 0 Å². The number of nitrogens with one attached hydrogen (secondary N) is 1. The Balaban J connectivity index is 1.36. The minimum absolute atomic E-state index is 0.0241. The molecule has 2 aromatic carbocycles. The van der Waals surface area contributed by atoms with Crippen LogP contribution >= 0.6 is 0 Å². The molecular formula is C26H31FN2O3. The van der Waals surface area contributed by atoms with Crippen LogP contribution in [-0.2, 0) is 4.74 Å². The van der Waals surface area contributed by atoms with E-state index >= 15 is 0 Å². The maximum Gasteiger partial charge on any atom is 0.407 e. The largest absolute Gasteiger partial charge is 0.493 e. The smallest absolute Gasteiger partial charge is 0.407 e. The van der Waals surface area contributed by atoms with Gasteiger partial charge in [0.15, 0.2) is 0 Å². The lowest BCUT2D eigenvalue weighted by molar-refractivity contribution is -0.0361. The average molecular weight is 439 g/mol. The fourth-order valence-electron chi connectivity index (χ4n) is 5.28. The van der Waals surface area contributed by atoms with E-state index in [0.717, 1.165) is 54.9 Å². The first-order valence-corrected chi connectivity index (χ1v) is 11.5. The van der Waals surface area contributed by atoms with Gasteiger partial charge in [-0.3, -0.25) is 4.90 Å². The summed E-state index contributed by atoms with van der Waals surface area (Å²) in [5, 5.41) is 3.14. The van der Waals surface area contributed by atoms with Gasteiger partial charge in [0.2, 0.25) is 0 Å². The zero-order valence-corrected chi connectivity index (χ0v) is 19.0. The Bertz CT molecular complexity index is 1030. The van der Waals surface area contributed by atoms with Crippen LogP contribution in [0, 0.1) is 24.1 Å².